The second kappa shape index (κ2) is 10.5. The molecule has 0 saturated carbocycles. The van der Waals surface area contributed by atoms with Gasteiger partial charge in [0.2, 0.25) is 5.91 Å². The molecule has 0 bridgehead atoms. The molecule has 0 spiro atoms. The van der Waals surface area contributed by atoms with Crippen LogP contribution in [-0.4, -0.2) is 16.9 Å². The van der Waals surface area contributed by atoms with Crippen molar-refractivity contribution in [3.05, 3.63) is 101 Å². The van der Waals surface area contributed by atoms with Gasteiger partial charge >= 0.3 is 0 Å². The number of carbonyl (C=O) groups is 2. The molecule has 0 aromatic heterocycles. The van der Waals surface area contributed by atoms with Gasteiger partial charge in [0.15, 0.2) is 5.11 Å². The Labute approximate surface area is 191 Å². The van der Waals surface area contributed by atoms with Crippen molar-refractivity contribution >= 4 is 46.6 Å². The SMILES string of the molecule is Cc1ccc(NC(=O)c2ccccc2NC(=S)NC(=O)/C=C/c2ccc(F)cc2)cc1C. The van der Waals surface area contributed by atoms with Gasteiger partial charge < -0.3 is 10.6 Å². The molecule has 0 saturated heterocycles. The second-order valence-electron chi connectivity index (χ2n) is 7.13. The van der Waals surface area contributed by atoms with E-state index in [-0.39, 0.29) is 16.8 Å². The Kier molecular flexibility index (Phi) is 7.46. The van der Waals surface area contributed by atoms with Crippen LogP contribution in [0.3, 0.4) is 0 Å². The Morgan fingerprint density at radius 2 is 1.62 bits per heavy atom. The van der Waals surface area contributed by atoms with Gasteiger partial charge in [0, 0.05) is 11.8 Å². The number of thiocarbonyl (C=S) groups is 1. The van der Waals surface area contributed by atoms with Gasteiger partial charge in [0.25, 0.3) is 5.91 Å². The summed E-state index contributed by atoms with van der Waals surface area (Å²) in [5.74, 6) is -1.11. The summed E-state index contributed by atoms with van der Waals surface area (Å²) in [7, 11) is 0. The van der Waals surface area contributed by atoms with Crippen LogP contribution in [0.5, 0.6) is 0 Å². The van der Waals surface area contributed by atoms with E-state index in [0.29, 0.717) is 22.5 Å². The van der Waals surface area contributed by atoms with E-state index in [4.69, 9.17) is 12.2 Å². The van der Waals surface area contributed by atoms with Crippen LogP contribution >= 0.6 is 12.2 Å². The Morgan fingerprint density at radius 1 is 0.906 bits per heavy atom. The first-order valence-electron chi connectivity index (χ1n) is 9.85. The topological polar surface area (TPSA) is 70.2 Å². The van der Waals surface area contributed by atoms with Gasteiger partial charge in [0.1, 0.15) is 5.82 Å². The number of rotatable bonds is 5. The maximum Gasteiger partial charge on any atom is 0.257 e. The van der Waals surface area contributed by atoms with E-state index in [9.17, 15) is 14.0 Å². The summed E-state index contributed by atoms with van der Waals surface area (Å²) < 4.78 is 13.0. The number of amides is 2. The fourth-order valence-corrected chi connectivity index (χ4v) is 3.07. The van der Waals surface area contributed by atoms with Crippen molar-refractivity contribution in [1.29, 1.82) is 0 Å². The number of para-hydroxylation sites is 1. The maximum absolute atomic E-state index is 13.0. The van der Waals surface area contributed by atoms with Crippen molar-refractivity contribution in [3.8, 4) is 0 Å². The van der Waals surface area contributed by atoms with Gasteiger partial charge in [-0.1, -0.05) is 30.3 Å². The van der Waals surface area contributed by atoms with Crippen molar-refractivity contribution in [2.75, 3.05) is 10.6 Å². The normalized spacial score (nSPS) is 10.6. The number of benzene rings is 3. The van der Waals surface area contributed by atoms with Crippen molar-refractivity contribution < 1.29 is 14.0 Å². The van der Waals surface area contributed by atoms with Gasteiger partial charge in [-0.2, -0.15) is 0 Å². The Morgan fingerprint density at radius 3 is 2.34 bits per heavy atom. The molecule has 0 heterocycles. The van der Waals surface area contributed by atoms with Gasteiger partial charge in [-0.15, -0.1) is 0 Å². The first-order chi connectivity index (χ1) is 15.3. The van der Waals surface area contributed by atoms with E-state index < -0.39 is 5.91 Å². The number of anilines is 2. The standard InChI is InChI=1S/C25H22FN3O2S/c1-16-7-13-20(15-17(16)2)27-24(31)21-5-3-4-6-22(21)28-25(32)29-23(30)14-10-18-8-11-19(26)12-9-18/h3-15H,1-2H3,(H,27,31)(H2,28,29,30,32)/b14-10+. The molecule has 0 atom stereocenters. The minimum absolute atomic E-state index is 0.0465. The number of hydrogen-bond donors (Lipinski definition) is 3. The van der Waals surface area contributed by atoms with Crippen LogP contribution in [-0.2, 0) is 4.79 Å². The highest BCUT2D eigenvalue weighted by molar-refractivity contribution is 7.80. The summed E-state index contributed by atoms with van der Waals surface area (Å²) in [6.07, 6.45) is 2.84. The Bertz CT molecular complexity index is 1190. The first kappa shape index (κ1) is 22.8. The zero-order chi connectivity index (χ0) is 23.1. The molecule has 0 aliphatic heterocycles. The van der Waals surface area contributed by atoms with E-state index in [0.717, 1.165) is 11.1 Å². The molecule has 0 radical (unpaired) electrons. The predicted molar refractivity (Wildman–Crippen MR) is 130 cm³/mol. The number of halogens is 1. The lowest BCUT2D eigenvalue weighted by Gasteiger charge is -2.13. The van der Waals surface area contributed by atoms with Gasteiger partial charge in [-0.3, -0.25) is 14.9 Å². The summed E-state index contributed by atoms with van der Waals surface area (Å²) in [6.45, 7) is 3.98. The minimum atomic E-state index is -0.455. The molecule has 0 aliphatic rings. The molecule has 3 aromatic rings. The highest BCUT2D eigenvalue weighted by atomic mass is 32.1. The second-order valence-corrected chi connectivity index (χ2v) is 7.54. The highest BCUT2D eigenvalue weighted by Gasteiger charge is 2.13. The molecule has 3 N–H and O–H groups in total. The maximum atomic E-state index is 13.0. The van der Waals surface area contributed by atoms with Gasteiger partial charge in [0.05, 0.1) is 11.3 Å². The Balaban J connectivity index is 1.63. The van der Waals surface area contributed by atoms with E-state index in [1.807, 2.05) is 32.0 Å². The summed E-state index contributed by atoms with van der Waals surface area (Å²) in [5, 5.41) is 8.34. The zero-order valence-corrected chi connectivity index (χ0v) is 18.4. The van der Waals surface area contributed by atoms with Crippen molar-refractivity contribution in [2.24, 2.45) is 0 Å². The lowest BCUT2D eigenvalue weighted by atomic mass is 10.1. The number of nitrogens with one attached hydrogen (secondary N) is 3. The van der Waals surface area contributed by atoms with Crippen LogP contribution < -0.4 is 16.0 Å². The van der Waals surface area contributed by atoms with Crippen LogP contribution in [0.25, 0.3) is 6.08 Å². The molecule has 2 amide bonds. The summed E-state index contributed by atoms with van der Waals surface area (Å²) in [6, 6.07) is 18.3. The molecule has 5 nitrogen and oxygen atoms in total. The van der Waals surface area contributed by atoms with Crippen LogP contribution in [0.4, 0.5) is 15.8 Å². The summed E-state index contributed by atoms with van der Waals surface area (Å²) >= 11 is 5.21. The molecule has 0 fully saturated rings. The largest absolute Gasteiger partial charge is 0.332 e. The van der Waals surface area contributed by atoms with E-state index in [1.54, 1.807) is 42.5 Å². The zero-order valence-electron chi connectivity index (χ0n) is 17.6. The molecular weight excluding hydrogens is 425 g/mol. The fraction of sp³-hybridized carbons (Fsp3) is 0.0800. The number of aryl methyl sites for hydroxylation is 2. The molecule has 7 heteroatoms. The predicted octanol–water partition coefficient (Wildman–Crippen LogP) is 5.22. The average molecular weight is 448 g/mol. The third-order valence-corrected chi connectivity index (χ3v) is 4.92. The molecular formula is C25H22FN3O2S. The van der Waals surface area contributed by atoms with E-state index >= 15 is 0 Å². The van der Waals surface area contributed by atoms with Crippen molar-refractivity contribution in [3.63, 3.8) is 0 Å². The van der Waals surface area contributed by atoms with Crippen molar-refractivity contribution in [1.82, 2.24) is 5.32 Å². The highest BCUT2D eigenvalue weighted by Crippen LogP contribution is 2.19. The van der Waals surface area contributed by atoms with Crippen LogP contribution in [0.15, 0.2) is 72.8 Å². The van der Waals surface area contributed by atoms with E-state index in [1.165, 1.54) is 18.2 Å². The van der Waals surface area contributed by atoms with Crippen LogP contribution in [0.1, 0.15) is 27.0 Å². The van der Waals surface area contributed by atoms with E-state index in [2.05, 4.69) is 16.0 Å². The number of hydrogen-bond acceptors (Lipinski definition) is 3. The lowest BCUT2D eigenvalue weighted by Crippen LogP contribution is -2.33. The molecule has 3 aromatic carbocycles. The third-order valence-electron chi connectivity index (χ3n) is 4.72. The monoisotopic (exact) mass is 447 g/mol. The quantitative estimate of drug-likeness (QED) is 0.370. The smallest absolute Gasteiger partial charge is 0.257 e. The number of carbonyl (C=O) groups excluding carboxylic acids is 2. The summed E-state index contributed by atoms with van der Waals surface area (Å²) in [4.78, 5) is 24.9. The van der Waals surface area contributed by atoms with Crippen LogP contribution in [0.2, 0.25) is 0 Å². The third kappa shape index (κ3) is 6.33. The van der Waals surface area contributed by atoms with Gasteiger partial charge in [-0.25, -0.2) is 4.39 Å². The van der Waals surface area contributed by atoms with Crippen LogP contribution in [0, 0.1) is 19.7 Å². The average Bonchev–Trinajstić information content (AvgIpc) is 2.76. The fourth-order valence-electron chi connectivity index (χ4n) is 2.86. The molecule has 0 unspecified atom stereocenters. The molecule has 3 rings (SSSR count). The molecule has 0 aliphatic carbocycles. The minimum Gasteiger partial charge on any atom is -0.332 e. The summed E-state index contributed by atoms with van der Waals surface area (Å²) in [5.41, 5.74) is 4.42. The van der Waals surface area contributed by atoms with Gasteiger partial charge in [-0.05, 0) is 85.2 Å². The Hall–Kier alpha value is -3.84. The lowest BCUT2D eigenvalue weighted by molar-refractivity contribution is -0.115. The van der Waals surface area contributed by atoms with Crippen molar-refractivity contribution in [2.45, 2.75) is 13.8 Å². The molecule has 162 valence electrons. The molecule has 32 heavy (non-hydrogen) atoms. The first-order valence-corrected chi connectivity index (χ1v) is 10.3.